The number of benzene rings is 2. The van der Waals surface area contributed by atoms with Gasteiger partial charge < -0.3 is 5.32 Å². The van der Waals surface area contributed by atoms with Crippen molar-refractivity contribution in [3.8, 4) is 0 Å². The van der Waals surface area contributed by atoms with Gasteiger partial charge in [0, 0.05) is 6.26 Å². The highest BCUT2D eigenvalue weighted by Crippen LogP contribution is 2.66. The third-order valence-corrected chi connectivity index (χ3v) is 9.98. The molecule has 1 N–H and O–H groups in total. The van der Waals surface area contributed by atoms with Gasteiger partial charge in [0.05, 0.1) is 20.5 Å². The van der Waals surface area contributed by atoms with Gasteiger partial charge in [-0.05, 0) is 79.5 Å². The molecule has 32 heavy (non-hydrogen) atoms. The molecule has 7 rings (SSSR count). The first-order valence-electron chi connectivity index (χ1n) is 11.2. The average Bonchev–Trinajstić information content (AvgIpc) is 3.14. The molecule has 166 valence electrons. The van der Waals surface area contributed by atoms with Crippen molar-refractivity contribution in [3.05, 3.63) is 54.1 Å². The minimum absolute atomic E-state index is 0.0919. The predicted molar refractivity (Wildman–Crippen MR) is 127 cm³/mol. The van der Waals surface area contributed by atoms with Gasteiger partial charge in [0.2, 0.25) is 5.91 Å². The molecule has 1 heterocycles. The van der Waals surface area contributed by atoms with E-state index in [0.29, 0.717) is 22.5 Å². The van der Waals surface area contributed by atoms with Crippen LogP contribution >= 0.6 is 11.3 Å². The van der Waals surface area contributed by atoms with Crippen LogP contribution in [0.25, 0.3) is 10.2 Å². The third-order valence-electron chi connectivity index (χ3n) is 7.94. The minimum atomic E-state index is -3.28. The molecule has 4 saturated carbocycles. The molecule has 5 nitrogen and oxygen atoms in total. The topological polar surface area (TPSA) is 76.1 Å². The molecule has 0 spiro atoms. The Morgan fingerprint density at radius 2 is 1.78 bits per heavy atom. The standard InChI is InChI=1S/C25H26N2O3S2/c1-32(29,30)19-7-8-20-21(10-19)31-23(26-20)27-22(28)25-13-16-9-17(14-25)12-24(11-16,15-25)18-5-3-2-4-6-18/h2-8,10,16-17H,9,11-15H2,1H3,(H,26,27,28)/t16-,17-,24?,25?/m1/s1. The SMILES string of the molecule is CS(=O)(=O)c1ccc2nc(NC(=O)C34C[C@@H]5C[C@@H](C3)CC(c3ccccc3)(C5)C4)sc2c1. The molecule has 4 bridgehead atoms. The second-order valence-electron chi connectivity index (χ2n) is 10.3. The molecule has 2 aromatic carbocycles. The van der Waals surface area contributed by atoms with E-state index in [2.05, 4.69) is 40.6 Å². The van der Waals surface area contributed by atoms with Crippen LogP contribution in [-0.2, 0) is 20.0 Å². The normalized spacial score (nSPS) is 31.2. The Labute approximate surface area is 192 Å². The Hall–Kier alpha value is -2.25. The highest BCUT2D eigenvalue weighted by atomic mass is 32.2. The number of thiazole rings is 1. The van der Waals surface area contributed by atoms with E-state index in [9.17, 15) is 13.2 Å². The van der Waals surface area contributed by atoms with Crippen molar-refractivity contribution in [3.63, 3.8) is 0 Å². The summed E-state index contributed by atoms with van der Waals surface area (Å²) in [5.74, 6) is 1.30. The number of hydrogen-bond acceptors (Lipinski definition) is 5. The molecule has 4 aliphatic carbocycles. The fourth-order valence-electron chi connectivity index (χ4n) is 7.08. The van der Waals surface area contributed by atoms with Gasteiger partial charge in [0.15, 0.2) is 15.0 Å². The predicted octanol–water partition coefficient (Wildman–Crippen LogP) is 5.18. The molecule has 0 saturated heterocycles. The minimum Gasteiger partial charge on any atom is -0.301 e. The molecular weight excluding hydrogens is 440 g/mol. The van der Waals surface area contributed by atoms with E-state index in [1.165, 1.54) is 42.4 Å². The fraction of sp³-hybridized carbons (Fsp3) is 0.440. The lowest BCUT2D eigenvalue weighted by Crippen LogP contribution is -2.57. The molecule has 4 fully saturated rings. The summed E-state index contributed by atoms with van der Waals surface area (Å²) in [6, 6.07) is 15.7. The number of aromatic nitrogens is 1. The Morgan fingerprint density at radius 1 is 1.06 bits per heavy atom. The van der Waals surface area contributed by atoms with Gasteiger partial charge in [-0.25, -0.2) is 13.4 Å². The smallest absolute Gasteiger partial charge is 0.232 e. The quantitative estimate of drug-likeness (QED) is 0.575. The summed E-state index contributed by atoms with van der Waals surface area (Å²) in [5, 5.41) is 3.69. The highest BCUT2D eigenvalue weighted by molar-refractivity contribution is 7.90. The summed E-state index contributed by atoms with van der Waals surface area (Å²) >= 11 is 1.35. The van der Waals surface area contributed by atoms with Crippen LogP contribution < -0.4 is 5.32 Å². The zero-order chi connectivity index (χ0) is 22.1. The van der Waals surface area contributed by atoms with Crippen molar-refractivity contribution in [2.45, 2.75) is 48.8 Å². The van der Waals surface area contributed by atoms with Crippen LogP contribution in [0.3, 0.4) is 0 Å². The molecule has 2 atom stereocenters. The Kier molecular flexibility index (Phi) is 4.37. The number of nitrogens with zero attached hydrogens (tertiary/aromatic N) is 1. The number of sulfone groups is 1. The molecule has 4 aliphatic rings. The third kappa shape index (κ3) is 3.20. The van der Waals surface area contributed by atoms with Crippen LogP contribution in [0.1, 0.15) is 44.1 Å². The van der Waals surface area contributed by atoms with Gasteiger partial charge in [-0.1, -0.05) is 41.7 Å². The summed E-state index contributed by atoms with van der Waals surface area (Å²) in [4.78, 5) is 18.5. The molecule has 0 unspecified atom stereocenters. The number of hydrogen-bond donors (Lipinski definition) is 1. The van der Waals surface area contributed by atoms with Gasteiger partial charge in [-0.15, -0.1) is 0 Å². The summed E-state index contributed by atoms with van der Waals surface area (Å²) < 4.78 is 24.5. The fourth-order valence-corrected chi connectivity index (χ4v) is 8.70. The number of fused-ring (bicyclic) bond motifs is 1. The zero-order valence-electron chi connectivity index (χ0n) is 18.0. The van der Waals surface area contributed by atoms with Crippen molar-refractivity contribution in [2.24, 2.45) is 17.3 Å². The van der Waals surface area contributed by atoms with E-state index < -0.39 is 9.84 Å². The first-order valence-corrected chi connectivity index (χ1v) is 13.9. The van der Waals surface area contributed by atoms with Crippen molar-refractivity contribution in [1.82, 2.24) is 4.98 Å². The van der Waals surface area contributed by atoms with Gasteiger partial charge in [-0.2, -0.15) is 0 Å². The average molecular weight is 467 g/mol. The first-order chi connectivity index (χ1) is 15.2. The van der Waals surface area contributed by atoms with E-state index in [4.69, 9.17) is 0 Å². The Bertz CT molecular complexity index is 1320. The van der Waals surface area contributed by atoms with Crippen molar-refractivity contribution < 1.29 is 13.2 Å². The maximum Gasteiger partial charge on any atom is 0.232 e. The van der Waals surface area contributed by atoms with E-state index >= 15 is 0 Å². The maximum absolute atomic E-state index is 13.7. The molecule has 3 aromatic rings. The number of rotatable bonds is 4. The summed E-state index contributed by atoms with van der Waals surface area (Å²) in [7, 11) is -3.28. The lowest BCUT2D eigenvalue weighted by atomic mass is 9.42. The molecule has 0 radical (unpaired) electrons. The second kappa shape index (κ2) is 6.87. The van der Waals surface area contributed by atoms with Crippen LogP contribution in [0.4, 0.5) is 5.13 Å². The molecule has 1 aromatic heterocycles. The molecular formula is C25H26N2O3S2. The zero-order valence-corrected chi connectivity index (χ0v) is 19.6. The Morgan fingerprint density at radius 3 is 2.47 bits per heavy atom. The lowest BCUT2D eigenvalue weighted by Gasteiger charge is -2.61. The van der Waals surface area contributed by atoms with E-state index in [1.807, 2.05) is 0 Å². The summed E-state index contributed by atoms with van der Waals surface area (Å²) in [5.41, 5.74) is 1.87. The van der Waals surface area contributed by atoms with Crippen molar-refractivity contribution in [2.75, 3.05) is 11.6 Å². The molecule has 1 amide bonds. The number of amides is 1. The summed E-state index contributed by atoms with van der Waals surface area (Å²) in [6.07, 6.45) is 7.68. The van der Waals surface area contributed by atoms with E-state index in [0.717, 1.165) is 24.0 Å². The number of anilines is 1. The van der Waals surface area contributed by atoms with Gasteiger partial charge in [0.25, 0.3) is 0 Å². The number of carbonyl (C=O) groups excluding carboxylic acids is 1. The monoisotopic (exact) mass is 466 g/mol. The van der Waals surface area contributed by atoms with Gasteiger partial charge in [0.1, 0.15) is 0 Å². The second-order valence-corrected chi connectivity index (χ2v) is 13.3. The maximum atomic E-state index is 13.7. The number of carbonyl (C=O) groups is 1. The van der Waals surface area contributed by atoms with Crippen molar-refractivity contribution >= 4 is 42.4 Å². The van der Waals surface area contributed by atoms with Gasteiger partial charge in [-0.3, -0.25) is 4.79 Å². The van der Waals surface area contributed by atoms with Crippen LogP contribution in [0.15, 0.2) is 53.4 Å². The van der Waals surface area contributed by atoms with Crippen LogP contribution in [-0.4, -0.2) is 25.6 Å². The van der Waals surface area contributed by atoms with E-state index in [1.54, 1.807) is 18.2 Å². The Balaban J connectivity index is 1.31. The van der Waals surface area contributed by atoms with Crippen LogP contribution in [0, 0.1) is 17.3 Å². The lowest BCUT2D eigenvalue weighted by molar-refractivity contribution is -0.143. The largest absolute Gasteiger partial charge is 0.301 e. The molecule has 7 heteroatoms. The highest BCUT2D eigenvalue weighted by Gasteiger charge is 2.61. The number of nitrogens with one attached hydrogen (secondary N) is 1. The van der Waals surface area contributed by atoms with Crippen LogP contribution in [0.5, 0.6) is 0 Å². The summed E-state index contributed by atoms with van der Waals surface area (Å²) in [6.45, 7) is 0. The van der Waals surface area contributed by atoms with E-state index in [-0.39, 0.29) is 21.6 Å². The van der Waals surface area contributed by atoms with Gasteiger partial charge >= 0.3 is 0 Å². The first kappa shape index (κ1) is 20.4. The van der Waals surface area contributed by atoms with Crippen LogP contribution in [0.2, 0.25) is 0 Å². The molecule has 0 aliphatic heterocycles. The van der Waals surface area contributed by atoms with Crippen molar-refractivity contribution in [1.29, 1.82) is 0 Å².